The van der Waals surface area contributed by atoms with Gasteiger partial charge >= 0.3 is 6.03 Å². The molecule has 0 saturated heterocycles. The lowest BCUT2D eigenvalue weighted by Gasteiger charge is -2.12. The Morgan fingerprint density at radius 3 is 2.50 bits per heavy atom. The van der Waals surface area contributed by atoms with Crippen LogP contribution < -0.4 is 16.0 Å². The molecular weight excluding hydrogens is 326 g/mol. The van der Waals surface area contributed by atoms with E-state index in [4.69, 9.17) is 11.6 Å². The molecule has 2 aromatic rings. The van der Waals surface area contributed by atoms with Gasteiger partial charge in [0.1, 0.15) is 0 Å². The number of anilines is 2. The number of halogens is 1. The van der Waals surface area contributed by atoms with Gasteiger partial charge in [-0.15, -0.1) is 0 Å². The van der Waals surface area contributed by atoms with E-state index in [1.807, 2.05) is 26.8 Å². The minimum Gasteiger partial charge on any atom is -0.336 e. The summed E-state index contributed by atoms with van der Waals surface area (Å²) in [5.41, 5.74) is 2.56. The second-order valence-electron chi connectivity index (χ2n) is 5.75. The van der Waals surface area contributed by atoms with Crippen LogP contribution in [0.5, 0.6) is 0 Å². The molecule has 0 fully saturated rings. The van der Waals surface area contributed by atoms with Crippen molar-refractivity contribution in [3.8, 4) is 0 Å². The van der Waals surface area contributed by atoms with Gasteiger partial charge in [-0.3, -0.25) is 4.79 Å². The highest BCUT2D eigenvalue weighted by Crippen LogP contribution is 2.21. The van der Waals surface area contributed by atoms with Gasteiger partial charge in [0.25, 0.3) is 5.91 Å². The summed E-state index contributed by atoms with van der Waals surface area (Å²) in [6.45, 7) is 5.63. The molecule has 0 saturated carbocycles. The molecule has 2 rings (SSSR count). The fraction of sp³-hybridized carbons (Fsp3) is 0.222. The van der Waals surface area contributed by atoms with Crippen LogP contribution in [0.25, 0.3) is 0 Å². The van der Waals surface area contributed by atoms with Crippen LogP contribution in [0, 0.1) is 6.92 Å². The smallest absolute Gasteiger partial charge is 0.319 e. The highest BCUT2D eigenvalue weighted by molar-refractivity contribution is 6.31. The molecule has 0 heterocycles. The minimum atomic E-state index is -0.312. The summed E-state index contributed by atoms with van der Waals surface area (Å²) >= 11 is 5.96. The van der Waals surface area contributed by atoms with Crippen molar-refractivity contribution in [2.75, 3.05) is 10.6 Å². The molecule has 3 amide bonds. The van der Waals surface area contributed by atoms with Crippen molar-refractivity contribution in [1.29, 1.82) is 0 Å². The first-order valence-corrected chi connectivity index (χ1v) is 7.98. The van der Waals surface area contributed by atoms with Crippen LogP contribution in [0.3, 0.4) is 0 Å². The predicted molar refractivity (Wildman–Crippen MR) is 97.9 cm³/mol. The fourth-order valence-electron chi connectivity index (χ4n) is 2.09. The highest BCUT2D eigenvalue weighted by Gasteiger charge is 2.10. The first-order chi connectivity index (χ1) is 11.3. The molecule has 0 aliphatic rings. The third kappa shape index (κ3) is 4.99. The Bertz CT molecular complexity index is 760. The lowest BCUT2D eigenvalue weighted by atomic mass is 10.1. The summed E-state index contributed by atoms with van der Waals surface area (Å²) in [5.74, 6) is -0.270. The lowest BCUT2D eigenvalue weighted by molar-refractivity contribution is 0.102. The van der Waals surface area contributed by atoms with Gasteiger partial charge in [0.2, 0.25) is 0 Å². The molecule has 3 N–H and O–H groups in total. The number of aryl methyl sites for hydroxylation is 1. The molecule has 0 aliphatic carbocycles. The molecule has 2 aromatic carbocycles. The Hall–Kier alpha value is -2.53. The van der Waals surface area contributed by atoms with E-state index < -0.39 is 0 Å². The van der Waals surface area contributed by atoms with E-state index in [-0.39, 0.29) is 18.0 Å². The van der Waals surface area contributed by atoms with E-state index in [9.17, 15) is 9.59 Å². The molecule has 0 aromatic heterocycles. The zero-order valence-electron chi connectivity index (χ0n) is 13.8. The standard InChI is InChI=1S/C18H20ClN3O2/c1-11(2)20-18(24)21-15-6-4-5-13(9-15)17(23)22-16-10-14(19)8-7-12(16)3/h4-11H,1-3H3,(H,22,23)(H2,20,21,24). The molecule has 24 heavy (non-hydrogen) atoms. The Balaban J connectivity index is 2.11. The first-order valence-electron chi connectivity index (χ1n) is 7.60. The predicted octanol–water partition coefficient (Wildman–Crippen LogP) is 4.43. The Kier molecular flexibility index (Phi) is 5.82. The SMILES string of the molecule is Cc1ccc(Cl)cc1NC(=O)c1cccc(NC(=O)NC(C)C)c1. The number of nitrogens with one attached hydrogen (secondary N) is 3. The van der Waals surface area contributed by atoms with Crippen molar-refractivity contribution in [1.82, 2.24) is 5.32 Å². The Morgan fingerprint density at radius 1 is 1.04 bits per heavy atom. The zero-order valence-corrected chi connectivity index (χ0v) is 14.6. The number of carbonyl (C=O) groups excluding carboxylic acids is 2. The summed E-state index contributed by atoms with van der Waals surface area (Å²) in [7, 11) is 0. The third-order valence-electron chi connectivity index (χ3n) is 3.25. The number of rotatable bonds is 4. The van der Waals surface area contributed by atoms with Gasteiger partial charge < -0.3 is 16.0 Å². The second kappa shape index (κ2) is 7.84. The zero-order chi connectivity index (χ0) is 17.7. The number of amides is 3. The van der Waals surface area contributed by atoms with Crippen molar-refractivity contribution in [2.45, 2.75) is 26.8 Å². The first kappa shape index (κ1) is 17.8. The number of carbonyl (C=O) groups is 2. The third-order valence-corrected chi connectivity index (χ3v) is 3.49. The van der Waals surface area contributed by atoms with Crippen molar-refractivity contribution < 1.29 is 9.59 Å². The molecule has 5 nitrogen and oxygen atoms in total. The van der Waals surface area contributed by atoms with E-state index in [2.05, 4.69) is 16.0 Å². The maximum Gasteiger partial charge on any atom is 0.319 e. The Morgan fingerprint density at radius 2 is 1.79 bits per heavy atom. The molecular formula is C18H20ClN3O2. The highest BCUT2D eigenvalue weighted by atomic mass is 35.5. The molecule has 0 spiro atoms. The van der Waals surface area contributed by atoms with Gasteiger partial charge in [0.05, 0.1) is 0 Å². The van der Waals surface area contributed by atoms with Crippen molar-refractivity contribution in [2.24, 2.45) is 0 Å². The quantitative estimate of drug-likeness (QED) is 0.767. The van der Waals surface area contributed by atoms with E-state index in [1.54, 1.807) is 36.4 Å². The van der Waals surface area contributed by atoms with E-state index in [0.717, 1.165) is 5.56 Å². The molecule has 0 atom stereocenters. The van der Waals surface area contributed by atoms with Crippen molar-refractivity contribution >= 4 is 34.9 Å². The van der Waals surface area contributed by atoms with E-state index in [0.29, 0.717) is 22.0 Å². The average molecular weight is 346 g/mol. The summed E-state index contributed by atoms with van der Waals surface area (Å²) in [5, 5.41) is 8.81. The van der Waals surface area contributed by atoms with Crippen LogP contribution in [0.1, 0.15) is 29.8 Å². The van der Waals surface area contributed by atoms with Gasteiger partial charge in [-0.25, -0.2) is 4.79 Å². The molecule has 0 unspecified atom stereocenters. The van der Waals surface area contributed by atoms with Crippen LogP contribution in [0.4, 0.5) is 16.2 Å². The van der Waals surface area contributed by atoms with Gasteiger partial charge in [0.15, 0.2) is 0 Å². The molecule has 0 bridgehead atoms. The molecule has 126 valence electrons. The number of urea groups is 1. The molecule has 6 heteroatoms. The average Bonchev–Trinajstić information content (AvgIpc) is 2.50. The van der Waals surface area contributed by atoms with Gasteiger partial charge in [-0.1, -0.05) is 23.7 Å². The van der Waals surface area contributed by atoms with Gasteiger partial charge in [0, 0.05) is 28.0 Å². The van der Waals surface area contributed by atoms with Gasteiger partial charge in [-0.2, -0.15) is 0 Å². The topological polar surface area (TPSA) is 70.2 Å². The van der Waals surface area contributed by atoms with E-state index >= 15 is 0 Å². The van der Waals surface area contributed by atoms with Crippen molar-refractivity contribution in [3.05, 3.63) is 58.6 Å². The van der Waals surface area contributed by atoms with Crippen molar-refractivity contribution in [3.63, 3.8) is 0 Å². The minimum absolute atomic E-state index is 0.0299. The van der Waals surface area contributed by atoms with Crippen LogP contribution in [-0.2, 0) is 0 Å². The maximum absolute atomic E-state index is 12.4. The second-order valence-corrected chi connectivity index (χ2v) is 6.18. The van der Waals surface area contributed by atoms with Gasteiger partial charge in [-0.05, 0) is 56.7 Å². The summed E-state index contributed by atoms with van der Waals surface area (Å²) in [6.07, 6.45) is 0. The molecule has 0 aliphatic heterocycles. The molecule has 0 radical (unpaired) electrons. The fourth-order valence-corrected chi connectivity index (χ4v) is 2.26. The number of hydrogen-bond donors (Lipinski definition) is 3. The summed E-state index contributed by atoms with van der Waals surface area (Å²) in [6, 6.07) is 11.8. The van der Waals surface area contributed by atoms with Crippen LogP contribution in [0.15, 0.2) is 42.5 Å². The monoisotopic (exact) mass is 345 g/mol. The van der Waals surface area contributed by atoms with Crippen LogP contribution in [0.2, 0.25) is 5.02 Å². The van der Waals surface area contributed by atoms with Crippen LogP contribution in [-0.4, -0.2) is 18.0 Å². The normalized spacial score (nSPS) is 10.4. The summed E-state index contributed by atoms with van der Waals surface area (Å²) in [4.78, 5) is 24.2. The lowest BCUT2D eigenvalue weighted by Crippen LogP contribution is -2.34. The number of hydrogen-bond acceptors (Lipinski definition) is 2. The van der Waals surface area contributed by atoms with E-state index in [1.165, 1.54) is 0 Å². The van der Waals surface area contributed by atoms with Crippen LogP contribution >= 0.6 is 11.6 Å². The Labute approximate surface area is 146 Å². The maximum atomic E-state index is 12.4. The number of benzene rings is 2. The largest absolute Gasteiger partial charge is 0.336 e. The summed E-state index contributed by atoms with van der Waals surface area (Å²) < 4.78 is 0.